The average Bonchev–Trinajstić information content (AvgIpc) is 4.17. The van der Waals surface area contributed by atoms with Crippen LogP contribution in [0.2, 0.25) is 0 Å². The van der Waals surface area contributed by atoms with Gasteiger partial charge in [0.05, 0.1) is 23.4 Å². The molecule has 0 spiro atoms. The monoisotopic (exact) mass is 1020 g/mol. The number of carbonyl (C=O) groups excluding carboxylic acids is 4. The molecule has 6 heterocycles. The number of nitrogens with zero attached hydrogens (tertiary/aromatic N) is 6. The highest BCUT2D eigenvalue weighted by Gasteiger charge is 2.48. The molecule has 0 atom stereocenters. The number of aromatic nitrogens is 8. The Morgan fingerprint density at radius 3 is 1.58 bits per heavy atom. The molecular weight excluding hydrogens is 966 g/mol. The van der Waals surface area contributed by atoms with E-state index < -0.39 is 52.4 Å². The Balaban J connectivity index is 0.000000159. The maximum atomic E-state index is 14.5. The molecule has 20 nitrogen and oxygen atoms in total. The lowest BCUT2D eigenvalue weighted by Gasteiger charge is -2.54. The molecule has 5 saturated carbocycles. The lowest BCUT2D eigenvalue weighted by Crippen LogP contribution is -2.49. The molecule has 0 radical (unpaired) electrons. The zero-order valence-corrected chi connectivity index (χ0v) is 40.0. The number of hydrogen-bond donors (Lipinski definition) is 6. The number of benzene rings is 2. The van der Waals surface area contributed by atoms with Crippen molar-refractivity contribution in [2.24, 2.45) is 35.5 Å². The van der Waals surface area contributed by atoms with Gasteiger partial charge < -0.3 is 30.1 Å². The van der Waals surface area contributed by atoms with Crippen molar-refractivity contribution in [1.29, 1.82) is 0 Å². The normalized spacial score (nSPS) is 23.0. The number of amides is 4. The number of rotatable bonds is 12. The average molecular weight is 1020 g/mol. The quantitative estimate of drug-likeness (QED) is 0.0834. The Bertz CT molecular complexity index is 3590. The summed E-state index contributed by atoms with van der Waals surface area (Å²) in [6.07, 6.45) is 10.5. The van der Waals surface area contributed by atoms with E-state index in [4.69, 9.17) is 8.83 Å². The molecule has 4 amide bonds. The van der Waals surface area contributed by atoms with E-state index in [9.17, 15) is 41.9 Å². The molecule has 0 aliphatic heterocycles. The van der Waals surface area contributed by atoms with Gasteiger partial charge in [0.25, 0.3) is 23.6 Å². The second-order valence-electron chi connectivity index (χ2n) is 20.4. The Kier molecular flexibility index (Phi) is 12.6. The molecule has 384 valence electrons. The van der Waals surface area contributed by atoms with Gasteiger partial charge in [-0.2, -0.15) is 10.2 Å². The van der Waals surface area contributed by atoms with Gasteiger partial charge in [-0.1, -0.05) is 12.1 Å². The number of oxazole rings is 2. The number of H-pyrrole nitrogens is 2. The lowest BCUT2D eigenvalue weighted by molar-refractivity contribution is -0.0347. The maximum Gasteiger partial charge on any atom is 0.417 e. The highest BCUT2D eigenvalue weighted by atomic mass is 19.1. The van der Waals surface area contributed by atoms with Crippen molar-refractivity contribution in [3.63, 3.8) is 0 Å². The summed E-state index contributed by atoms with van der Waals surface area (Å²) in [5.74, 6) is -1.16. The van der Waals surface area contributed by atoms with Gasteiger partial charge in [0.15, 0.2) is 34.1 Å². The molecule has 74 heavy (non-hydrogen) atoms. The van der Waals surface area contributed by atoms with Gasteiger partial charge in [-0.25, -0.2) is 41.8 Å². The van der Waals surface area contributed by atoms with Crippen molar-refractivity contribution in [2.45, 2.75) is 83.5 Å². The Morgan fingerprint density at radius 2 is 1.11 bits per heavy atom. The molecule has 8 aromatic rings. The Hall–Kier alpha value is -8.11. The fourth-order valence-corrected chi connectivity index (χ4v) is 11.7. The highest BCUT2D eigenvalue weighted by molar-refractivity contribution is 5.99. The van der Waals surface area contributed by atoms with Gasteiger partial charge in [-0.05, 0) is 136 Å². The minimum Gasteiger partial charge on any atom is -0.408 e. The van der Waals surface area contributed by atoms with Crippen LogP contribution in [-0.2, 0) is 13.1 Å². The van der Waals surface area contributed by atoms with Crippen LogP contribution in [0.5, 0.6) is 0 Å². The SMILES string of the molecule is CC1(F)CCC(CNC(=O)c2cc(C(=O)NCc3ccc4oc(=O)[nH]c4c3)nc3c(F)cnn23)CC1.O=C(NCc1ccc2oc(=O)[nH]c2c1)c1cc(C(=O)NCC2C3CC4CC(C3)CC2C4)n2ncc(F)c2n1. The van der Waals surface area contributed by atoms with Gasteiger partial charge in [-0.15, -0.1) is 0 Å². The molecule has 6 aromatic heterocycles. The van der Waals surface area contributed by atoms with Gasteiger partial charge in [0.2, 0.25) is 0 Å². The fraction of sp³-hybridized carbons (Fsp3) is 0.412. The predicted molar refractivity (Wildman–Crippen MR) is 259 cm³/mol. The Labute approximate surface area is 417 Å². The third-order valence-electron chi connectivity index (χ3n) is 15.3. The number of fused-ring (bicyclic) bond motifs is 4. The van der Waals surface area contributed by atoms with E-state index in [1.807, 2.05) is 0 Å². The zero-order chi connectivity index (χ0) is 51.4. The molecular formula is C51H51F3N12O8. The summed E-state index contributed by atoms with van der Waals surface area (Å²) in [6, 6.07) is 12.6. The molecule has 0 saturated heterocycles. The molecule has 6 N–H and O–H groups in total. The molecule has 4 bridgehead atoms. The molecule has 13 rings (SSSR count). The van der Waals surface area contributed by atoms with E-state index in [0.29, 0.717) is 89.9 Å². The first-order chi connectivity index (χ1) is 35.6. The minimum absolute atomic E-state index is 0.0439. The number of aromatic amines is 2. The van der Waals surface area contributed by atoms with Crippen molar-refractivity contribution < 1.29 is 41.2 Å². The molecule has 2 aromatic carbocycles. The first-order valence-electron chi connectivity index (χ1n) is 24.7. The van der Waals surface area contributed by atoms with Crippen LogP contribution >= 0.6 is 0 Å². The van der Waals surface area contributed by atoms with E-state index >= 15 is 0 Å². The predicted octanol–water partition coefficient (Wildman–Crippen LogP) is 5.92. The van der Waals surface area contributed by atoms with Crippen LogP contribution in [-0.4, -0.2) is 81.6 Å². The van der Waals surface area contributed by atoms with Gasteiger partial charge >= 0.3 is 11.5 Å². The first kappa shape index (κ1) is 48.2. The number of carbonyl (C=O) groups is 4. The van der Waals surface area contributed by atoms with Crippen LogP contribution in [0.3, 0.4) is 0 Å². The summed E-state index contributed by atoms with van der Waals surface area (Å²) in [4.78, 5) is 88.0. The van der Waals surface area contributed by atoms with Crippen molar-refractivity contribution >= 4 is 57.1 Å². The topological polar surface area (TPSA) is 269 Å². The third kappa shape index (κ3) is 9.88. The summed E-state index contributed by atoms with van der Waals surface area (Å²) < 4.78 is 54.9. The Morgan fingerprint density at radius 1 is 0.649 bits per heavy atom. The van der Waals surface area contributed by atoms with Gasteiger partial charge in [0.1, 0.15) is 28.4 Å². The third-order valence-corrected chi connectivity index (χ3v) is 15.3. The standard InChI is InChI=1S/C27H27FN6O4.C24H24F2N6O4/c28-19-12-31-34-22(26(36)30-11-18-16-4-14-3-15(6-16)7-17(18)5-14)9-21(32-24(19)34)25(35)29-10-13-1-2-23-20(8-13)33-27(37)38-23;1-24(26)6-4-13(5-7-24)10-28-22(34)18-9-17(30-20-15(25)12-29-32(18)20)21(33)27-11-14-2-3-19-16(8-14)31-23(35)36-19/h1-2,8-9,12,14-18H,3-7,10-11H2,(H,29,35)(H,30,36)(H,33,37);2-3,8-9,12-13H,4-7,10-11H2,1H3,(H,27,33)(H,28,34)(H,31,35). The molecule has 0 unspecified atom stereocenters. The van der Waals surface area contributed by atoms with Crippen molar-refractivity contribution in [1.82, 2.24) is 60.4 Å². The molecule has 5 fully saturated rings. The van der Waals surface area contributed by atoms with E-state index in [0.717, 1.165) is 33.3 Å². The first-order valence-corrected chi connectivity index (χ1v) is 24.7. The van der Waals surface area contributed by atoms with E-state index in [1.165, 1.54) is 44.2 Å². The van der Waals surface area contributed by atoms with Crippen LogP contribution in [0.1, 0.15) is 118 Å². The highest BCUT2D eigenvalue weighted by Crippen LogP contribution is 2.56. The van der Waals surface area contributed by atoms with Crippen LogP contribution in [0, 0.1) is 47.1 Å². The number of halogens is 3. The number of nitrogens with one attached hydrogen (secondary N) is 6. The smallest absolute Gasteiger partial charge is 0.408 e. The van der Waals surface area contributed by atoms with Gasteiger partial charge in [0, 0.05) is 38.3 Å². The largest absolute Gasteiger partial charge is 0.417 e. The molecule has 5 aliphatic rings. The van der Waals surface area contributed by atoms with E-state index in [1.54, 1.807) is 43.3 Å². The van der Waals surface area contributed by atoms with E-state index in [-0.39, 0.29) is 53.1 Å². The summed E-state index contributed by atoms with van der Waals surface area (Å²) in [5, 5.41) is 19.1. The van der Waals surface area contributed by atoms with E-state index in [2.05, 4.69) is 51.4 Å². The van der Waals surface area contributed by atoms with Crippen LogP contribution in [0.25, 0.3) is 33.5 Å². The van der Waals surface area contributed by atoms with Crippen LogP contribution in [0.15, 0.2) is 79.3 Å². The number of hydrogen-bond acceptors (Lipinski definition) is 12. The zero-order valence-electron chi connectivity index (χ0n) is 40.0. The number of alkyl halides is 1. The minimum atomic E-state index is -1.17. The summed E-state index contributed by atoms with van der Waals surface area (Å²) in [5.41, 5.74) is 1.36. The van der Waals surface area contributed by atoms with Crippen molar-refractivity contribution in [3.8, 4) is 0 Å². The molecule has 23 heteroatoms. The summed E-state index contributed by atoms with van der Waals surface area (Å²) in [7, 11) is 0. The van der Waals surface area contributed by atoms with Crippen molar-refractivity contribution in [3.05, 3.63) is 128 Å². The second kappa shape index (κ2) is 19.4. The summed E-state index contributed by atoms with van der Waals surface area (Å²) >= 11 is 0. The van der Waals surface area contributed by atoms with Crippen LogP contribution in [0.4, 0.5) is 13.2 Å². The fourth-order valence-electron chi connectivity index (χ4n) is 11.7. The molecule has 5 aliphatic carbocycles. The van der Waals surface area contributed by atoms with Gasteiger partial charge in [-0.3, -0.25) is 29.1 Å². The second-order valence-corrected chi connectivity index (χ2v) is 20.4. The summed E-state index contributed by atoms with van der Waals surface area (Å²) in [6.45, 7) is 2.71. The van der Waals surface area contributed by atoms with Crippen molar-refractivity contribution in [2.75, 3.05) is 13.1 Å². The van der Waals surface area contributed by atoms with Crippen LogP contribution < -0.4 is 32.8 Å². The maximum absolute atomic E-state index is 14.5. The lowest BCUT2D eigenvalue weighted by atomic mass is 9.52.